The van der Waals surface area contributed by atoms with Crippen LogP contribution < -0.4 is 5.32 Å². The molecular weight excluding hydrogens is 316 g/mol. The van der Waals surface area contributed by atoms with Gasteiger partial charge in [-0.2, -0.15) is 0 Å². The van der Waals surface area contributed by atoms with Crippen LogP contribution in [-0.2, 0) is 27.4 Å². The molecule has 24 heavy (non-hydrogen) atoms. The fraction of sp³-hybridized carbons (Fsp3) is 0.643. The summed E-state index contributed by atoms with van der Waals surface area (Å²) in [6, 6.07) is -0.122. The molecule has 2 aromatic rings. The first-order chi connectivity index (χ1) is 11.6. The Morgan fingerprint density at radius 3 is 3.08 bits per heavy atom. The van der Waals surface area contributed by atoms with Gasteiger partial charge < -0.3 is 19.3 Å². The minimum absolute atomic E-state index is 0.0704. The maximum Gasteiger partial charge on any atom is 0.242 e. The van der Waals surface area contributed by atoms with Gasteiger partial charge in [0.15, 0.2) is 0 Å². The highest BCUT2D eigenvalue weighted by atomic mass is 16.5. The van der Waals surface area contributed by atoms with Crippen molar-refractivity contribution in [2.45, 2.75) is 45.6 Å². The van der Waals surface area contributed by atoms with Crippen LogP contribution in [-0.4, -0.2) is 56.6 Å². The Kier molecular flexibility index (Phi) is 5.16. The Labute approximate surface area is 138 Å². The minimum atomic E-state index is -0.231. The lowest BCUT2D eigenvalue weighted by molar-refractivity contribution is -0.127. The van der Waals surface area contributed by atoms with E-state index in [-0.39, 0.29) is 24.6 Å². The first kappa shape index (κ1) is 16.5. The molecule has 1 N–H and O–H groups in total. The average molecular weight is 336 g/mol. The number of tetrazole rings is 1. The summed E-state index contributed by atoms with van der Waals surface area (Å²) in [7, 11) is 0. The Hall–Kier alpha value is -2.33. The highest BCUT2D eigenvalue weighted by Crippen LogP contribution is 2.18. The van der Waals surface area contributed by atoms with E-state index in [0.717, 1.165) is 17.0 Å². The summed E-state index contributed by atoms with van der Waals surface area (Å²) in [6.07, 6.45) is 1.85. The van der Waals surface area contributed by atoms with E-state index in [1.165, 1.54) is 11.0 Å². The van der Waals surface area contributed by atoms with Crippen molar-refractivity contribution < 1.29 is 18.8 Å². The molecule has 0 radical (unpaired) electrons. The Morgan fingerprint density at radius 1 is 1.50 bits per heavy atom. The number of aromatic nitrogens is 5. The molecule has 2 aromatic heterocycles. The Bertz CT molecular complexity index is 651. The number of ether oxygens (including phenoxy) is 2. The van der Waals surface area contributed by atoms with Gasteiger partial charge in [0.25, 0.3) is 0 Å². The first-order valence-electron chi connectivity index (χ1n) is 7.74. The zero-order chi connectivity index (χ0) is 16.9. The molecular formula is C14H20N6O4. The molecule has 0 bridgehead atoms. The van der Waals surface area contributed by atoms with Crippen LogP contribution in [0.4, 0.5) is 0 Å². The fourth-order valence-electron chi connectivity index (χ4n) is 2.59. The monoisotopic (exact) mass is 336 g/mol. The summed E-state index contributed by atoms with van der Waals surface area (Å²) < 4.78 is 17.9. The molecule has 1 saturated heterocycles. The van der Waals surface area contributed by atoms with Crippen molar-refractivity contribution >= 4 is 5.91 Å². The Balaban J connectivity index is 1.56. The zero-order valence-corrected chi connectivity index (χ0v) is 13.6. The minimum Gasteiger partial charge on any atom is -0.379 e. The first-order valence-corrected chi connectivity index (χ1v) is 7.74. The van der Waals surface area contributed by atoms with Gasteiger partial charge >= 0.3 is 0 Å². The van der Waals surface area contributed by atoms with Crippen LogP contribution in [0.2, 0.25) is 0 Å². The second kappa shape index (κ2) is 7.49. The highest BCUT2D eigenvalue weighted by molar-refractivity contribution is 5.76. The van der Waals surface area contributed by atoms with Crippen LogP contribution in [0.3, 0.4) is 0 Å². The molecule has 1 amide bonds. The van der Waals surface area contributed by atoms with Crippen LogP contribution in [0.1, 0.15) is 23.4 Å². The van der Waals surface area contributed by atoms with Crippen LogP contribution in [0, 0.1) is 13.8 Å². The van der Waals surface area contributed by atoms with E-state index in [9.17, 15) is 4.79 Å². The summed E-state index contributed by atoms with van der Waals surface area (Å²) in [4.78, 5) is 12.1. The third-order valence-corrected chi connectivity index (χ3v) is 3.97. The third kappa shape index (κ3) is 3.95. The smallest absolute Gasteiger partial charge is 0.242 e. The van der Waals surface area contributed by atoms with Gasteiger partial charge in [0.2, 0.25) is 5.91 Å². The molecule has 2 atom stereocenters. The predicted octanol–water partition coefficient (Wildman–Crippen LogP) is -0.232. The summed E-state index contributed by atoms with van der Waals surface area (Å²) >= 11 is 0. The summed E-state index contributed by atoms with van der Waals surface area (Å²) in [5, 5.41) is 17.6. The molecule has 1 aliphatic heterocycles. The van der Waals surface area contributed by atoms with Crippen molar-refractivity contribution in [3.63, 3.8) is 0 Å². The van der Waals surface area contributed by atoms with E-state index in [1.807, 2.05) is 13.8 Å². The molecule has 0 aliphatic carbocycles. The maximum absolute atomic E-state index is 12.1. The van der Waals surface area contributed by atoms with Gasteiger partial charge in [-0.05, 0) is 30.7 Å². The normalized spacial score (nSPS) is 20.9. The molecule has 0 spiro atoms. The van der Waals surface area contributed by atoms with Gasteiger partial charge in [-0.15, -0.1) is 5.10 Å². The second-order valence-corrected chi connectivity index (χ2v) is 5.70. The molecule has 0 aromatic carbocycles. The van der Waals surface area contributed by atoms with Crippen LogP contribution in [0.5, 0.6) is 0 Å². The van der Waals surface area contributed by atoms with Gasteiger partial charge in [-0.1, -0.05) is 5.16 Å². The number of aryl methyl sites for hydroxylation is 2. The molecule has 3 heterocycles. The maximum atomic E-state index is 12.1. The van der Waals surface area contributed by atoms with Crippen molar-refractivity contribution in [3.8, 4) is 0 Å². The van der Waals surface area contributed by atoms with Crippen molar-refractivity contribution in [3.05, 3.63) is 23.3 Å². The van der Waals surface area contributed by atoms with E-state index < -0.39 is 0 Å². The van der Waals surface area contributed by atoms with Gasteiger partial charge in [0.1, 0.15) is 24.7 Å². The molecule has 10 heteroatoms. The van der Waals surface area contributed by atoms with E-state index in [2.05, 4.69) is 26.0 Å². The van der Waals surface area contributed by atoms with E-state index in [1.54, 1.807) is 0 Å². The second-order valence-electron chi connectivity index (χ2n) is 5.70. The van der Waals surface area contributed by atoms with Gasteiger partial charge in [-0.3, -0.25) is 4.79 Å². The van der Waals surface area contributed by atoms with Crippen molar-refractivity contribution in [1.29, 1.82) is 0 Å². The molecule has 1 fully saturated rings. The number of carbonyl (C=O) groups excluding carboxylic acids is 1. The fourth-order valence-corrected chi connectivity index (χ4v) is 2.59. The quantitative estimate of drug-likeness (QED) is 0.768. The standard InChI is InChI=1S/C14H20N6O4/c1-9-11(10(2)24-17-9)6-23-13-7-22-4-3-12(13)16-14(21)5-20-8-15-18-19-20/h8,12-13H,3-7H2,1-2H3,(H,16,21)/t12-,13-/m1/s1. The summed E-state index contributed by atoms with van der Waals surface area (Å²) in [5.41, 5.74) is 1.74. The Morgan fingerprint density at radius 2 is 2.38 bits per heavy atom. The van der Waals surface area contributed by atoms with E-state index in [4.69, 9.17) is 14.0 Å². The number of nitrogens with zero attached hydrogens (tertiary/aromatic N) is 5. The molecule has 10 nitrogen and oxygen atoms in total. The van der Waals surface area contributed by atoms with Crippen molar-refractivity contribution in [2.75, 3.05) is 13.2 Å². The number of carbonyl (C=O) groups is 1. The van der Waals surface area contributed by atoms with Crippen molar-refractivity contribution in [2.24, 2.45) is 0 Å². The molecule has 0 saturated carbocycles. The summed E-state index contributed by atoms with van der Waals surface area (Å²) in [5.74, 6) is 0.573. The van der Waals surface area contributed by atoms with E-state index >= 15 is 0 Å². The average Bonchev–Trinajstić information content (AvgIpc) is 3.17. The molecule has 3 rings (SSSR count). The predicted molar refractivity (Wildman–Crippen MR) is 79.7 cm³/mol. The highest BCUT2D eigenvalue weighted by Gasteiger charge is 2.28. The molecule has 1 aliphatic rings. The SMILES string of the molecule is Cc1noc(C)c1CO[C@@H]1COCC[C@H]1NC(=O)Cn1cnnn1. The van der Waals surface area contributed by atoms with Gasteiger partial charge in [0, 0.05) is 12.2 Å². The lowest BCUT2D eigenvalue weighted by Gasteiger charge is -2.32. The number of rotatable bonds is 6. The largest absolute Gasteiger partial charge is 0.379 e. The number of hydrogen-bond acceptors (Lipinski definition) is 8. The molecule has 130 valence electrons. The number of amides is 1. The lowest BCUT2D eigenvalue weighted by atomic mass is 10.1. The van der Waals surface area contributed by atoms with E-state index in [0.29, 0.717) is 26.2 Å². The topological polar surface area (TPSA) is 117 Å². The van der Waals surface area contributed by atoms with Gasteiger partial charge in [0.05, 0.1) is 24.9 Å². The zero-order valence-electron chi connectivity index (χ0n) is 13.6. The van der Waals surface area contributed by atoms with Crippen LogP contribution >= 0.6 is 0 Å². The van der Waals surface area contributed by atoms with Crippen LogP contribution in [0.25, 0.3) is 0 Å². The summed E-state index contributed by atoms with van der Waals surface area (Å²) in [6.45, 7) is 5.18. The third-order valence-electron chi connectivity index (χ3n) is 3.97. The molecule has 0 unspecified atom stereocenters. The van der Waals surface area contributed by atoms with Crippen molar-refractivity contribution in [1.82, 2.24) is 30.7 Å². The van der Waals surface area contributed by atoms with Crippen LogP contribution in [0.15, 0.2) is 10.9 Å². The number of hydrogen-bond donors (Lipinski definition) is 1. The number of nitrogens with one attached hydrogen (secondary N) is 1. The van der Waals surface area contributed by atoms with Gasteiger partial charge in [-0.25, -0.2) is 4.68 Å². The lowest BCUT2D eigenvalue weighted by Crippen LogP contribution is -2.50.